The number of benzene rings is 2. The summed E-state index contributed by atoms with van der Waals surface area (Å²) >= 11 is 0. The van der Waals surface area contributed by atoms with Crippen LogP contribution in [0, 0.1) is 13.8 Å². The van der Waals surface area contributed by atoms with Gasteiger partial charge in [-0.05, 0) is 48.7 Å². The highest BCUT2D eigenvalue weighted by atomic mass is 32.2. The van der Waals surface area contributed by atoms with Crippen molar-refractivity contribution in [3.05, 3.63) is 59.2 Å². The van der Waals surface area contributed by atoms with Gasteiger partial charge in [0.05, 0.1) is 5.75 Å². The number of rotatable bonds is 4. The number of nitrogens with two attached hydrogens (primary N) is 1. The van der Waals surface area contributed by atoms with Gasteiger partial charge in [-0.3, -0.25) is 4.72 Å². The zero-order chi connectivity index (χ0) is 14.8. The van der Waals surface area contributed by atoms with Crippen molar-refractivity contribution < 1.29 is 8.42 Å². The van der Waals surface area contributed by atoms with Gasteiger partial charge in [-0.25, -0.2) is 8.42 Å². The molecule has 106 valence electrons. The summed E-state index contributed by atoms with van der Waals surface area (Å²) in [7, 11) is -3.47. The molecule has 3 N–H and O–H groups in total. The van der Waals surface area contributed by atoms with Crippen LogP contribution in [0.15, 0.2) is 42.5 Å². The number of hydrogen-bond acceptors (Lipinski definition) is 3. The third kappa shape index (κ3) is 3.74. The lowest BCUT2D eigenvalue weighted by Gasteiger charge is -2.11. The van der Waals surface area contributed by atoms with Crippen molar-refractivity contribution in [1.82, 2.24) is 0 Å². The lowest BCUT2D eigenvalue weighted by atomic mass is 10.1. The fourth-order valence-corrected chi connectivity index (χ4v) is 3.34. The van der Waals surface area contributed by atoms with Crippen LogP contribution in [-0.4, -0.2) is 8.42 Å². The minimum atomic E-state index is -3.47. The number of hydrogen-bond donors (Lipinski definition) is 2. The van der Waals surface area contributed by atoms with Crippen molar-refractivity contribution in [2.75, 3.05) is 10.5 Å². The molecule has 0 saturated heterocycles. The maximum absolute atomic E-state index is 12.2. The zero-order valence-electron chi connectivity index (χ0n) is 11.6. The van der Waals surface area contributed by atoms with Gasteiger partial charge >= 0.3 is 0 Å². The summed E-state index contributed by atoms with van der Waals surface area (Å²) in [5.41, 5.74) is 9.47. The quantitative estimate of drug-likeness (QED) is 0.850. The summed E-state index contributed by atoms with van der Waals surface area (Å²) in [5, 5.41) is 0. The lowest BCUT2D eigenvalue weighted by molar-refractivity contribution is 0.600. The van der Waals surface area contributed by atoms with Crippen LogP contribution in [0.5, 0.6) is 0 Å². The Bertz CT molecular complexity index is 704. The van der Waals surface area contributed by atoms with Gasteiger partial charge in [0.15, 0.2) is 0 Å². The molecule has 0 heterocycles. The molecule has 2 aromatic rings. The molecule has 0 saturated carbocycles. The van der Waals surface area contributed by atoms with Crippen LogP contribution >= 0.6 is 0 Å². The topological polar surface area (TPSA) is 72.2 Å². The summed E-state index contributed by atoms with van der Waals surface area (Å²) in [6.07, 6.45) is 0. The molecular formula is C15H18N2O2S. The molecule has 0 bridgehead atoms. The van der Waals surface area contributed by atoms with E-state index in [9.17, 15) is 8.42 Å². The minimum absolute atomic E-state index is 0.132. The van der Waals surface area contributed by atoms with E-state index in [0.29, 0.717) is 16.9 Å². The molecule has 0 aliphatic heterocycles. The summed E-state index contributed by atoms with van der Waals surface area (Å²) in [6, 6.07) is 12.6. The summed E-state index contributed by atoms with van der Waals surface area (Å²) in [6.45, 7) is 3.86. The van der Waals surface area contributed by atoms with E-state index in [2.05, 4.69) is 4.72 Å². The Morgan fingerprint density at radius 3 is 2.25 bits per heavy atom. The Hall–Kier alpha value is -2.01. The van der Waals surface area contributed by atoms with Crippen molar-refractivity contribution >= 4 is 21.4 Å². The summed E-state index contributed by atoms with van der Waals surface area (Å²) in [5.74, 6) is -0.132. The number of para-hydroxylation sites is 1. The van der Waals surface area contributed by atoms with Crippen LogP contribution in [-0.2, 0) is 15.8 Å². The van der Waals surface area contributed by atoms with E-state index in [1.807, 2.05) is 19.9 Å². The Morgan fingerprint density at radius 2 is 1.65 bits per heavy atom. The van der Waals surface area contributed by atoms with Crippen molar-refractivity contribution in [3.63, 3.8) is 0 Å². The molecule has 0 aliphatic carbocycles. The monoisotopic (exact) mass is 290 g/mol. The highest BCUT2D eigenvalue weighted by Gasteiger charge is 2.13. The number of anilines is 2. The van der Waals surface area contributed by atoms with Gasteiger partial charge in [0.25, 0.3) is 0 Å². The van der Waals surface area contributed by atoms with E-state index < -0.39 is 10.0 Å². The number of sulfonamides is 1. The largest absolute Gasteiger partial charge is 0.398 e. The first kappa shape index (κ1) is 14.4. The Balaban J connectivity index is 2.21. The van der Waals surface area contributed by atoms with E-state index in [-0.39, 0.29) is 5.75 Å². The maximum Gasteiger partial charge on any atom is 0.236 e. The molecule has 0 amide bonds. The van der Waals surface area contributed by atoms with Crippen LogP contribution < -0.4 is 10.5 Å². The first-order chi connectivity index (χ1) is 9.35. The van der Waals surface area contributed by atoms with Crippen LogP contribution in [0.4, 0.5) is 11.4 Å². The molecule has 0 spiro atoms. The number of nitrogen functional groups attached to an aromatic ring is 1. The number of aryl methyl sites for hydroxylation is 2. The van der Waals surface area contributed by atoms with Gasteiger partial charge in [-0.15, -0.1) is 0 Å². The molecule has 0 aliphatic rings. The average Bonchev–Trinajstić information content (AvgIpc) is 2.29. The average molecular weight is 290 g/mol. The fraction of sp³-hybridized carbons (Fsp3) is 0.200. The molecule has 0 unspecified atom stereocenters. The van der Waals surface area contributed by atoms with E-state index in [0.717, 1.165) is 11.1 Å². The molecule has 2 aromatic carbocycles. The predicted octanol–water partition coefficient (Wildman–Crippen LogP) is 2.83. The number of nitrogens with one attached hydrogen (secondary N) is 1. The summed E-state index contributed by atoms with van der Waals surface area (Å²) < 4.78 is 26.9. The summed E-state index contributed by atoms with van der Waals surface area (Å²) in [4.78, 5) is 0. The van der Waals surface area contributed by atoms with Gasteiger partial charge in [-0.2, -0.15) is 0 Å². The molecule has 0 fully saturated rings. The highest BCUT2D eigenvalue weighted by molar-refractivity contribution is 7.91. The second kappa shape index (κ2) is 5.54. The fourth-order valence-electron chi connectivity index (χ4n) is 2.12. The highest BCUT2D eigenvalue weighted by Crippen LogP contribution is 2.19. The van der Waals surface area contributed by atoms with Crippen molar-refractivity contribution in [2.45, 2.75) is 19.6 Å². The van der Waals surface area contributed by atoms with Crippen molar-refractivity contribution in [3.8, 4) is 0 Å². The minimum Gasteiger partial charge on any atom is -0.398 e. The second-order valence-electron chi connectivity index (χ2n) is 4.94. The maximum atomic E-state index is 12.2. The molecule has 20 heavy (non-hydrogen) atoms. The molecular weight excluding hydrogens is 272 g/mol. The van der Waals surface area contributed by atoms with Crippen LogP contribution in [0.3, 0.4) is 0 Å². The van der Waals surface area contributed by atoms with E-state index in [1.165, 1.54) is 0 Å². The standard InChI is InChI=1S/C15H18N2O2S/c1-11-7-12(2)9-14(8-11)17-20(18,19)10-13-5-3-4-6-15(13)16/h3-9,17H,10,16H2,1-2H3. The van der Waals surface area contributed by atoms with Gasteiger partial charge in [0.2, 0.25) is 10.0 Å². The molecule has 4 nitrogen and oxygen atoms in total. The van der Waals surface area contributed by atoms with E-state index in [1.54, 1.807) is 36.4 Å². The first-order valence-corrected chi connectivity index (χ1v) is 7.93. The van der Waals surface area contributed by atoms with Gasteiger partial charge < -0.3 is 5.73 Å². The Morgan fingerprint density at radius 1 is 1.05 bits per heavy atom. The van der Waals surface area contributed by atoms with Gasteiger partial charge in [-0.1, -0.05) is 24.3 Å². The van der Waals surface area contributed by atoms with Crippen LogP contribution in [0.1, 0.15) is 16.7 Å². The van der Waals surface area contributed by atoms with Crippen molar-refractivity contribution in [1.29, 1.82) is 0 Å². The first-order valence-electron chi connectivity index (χ1n) is 6.28. The zero-order valence-corrected chi connectivity index (χ0v) is 12.4. The van der Waals surface area contributed by atoms with E-state index >= 15 is 0 Å². The predicted molar refractivity (Wildman–Crippen MR) is 83.0 cm³/mol. The smallest absolute Gasteiger partial charge is 0.236 e. The Kier molecular flexibility index (Phi) is 3.99. The molecule has 5 heteroatoms. The Labute approximate surface area is 119 Å². The second-order valence-corrected chi connectivity index (χ2v) is 6.66. The van der Waals surface area contributed by atoms with Crippen LogP contribution in [0.2, 0.25) is 0 Å². The molecule has 0 atom stereocenters. The van der Waals surface area contributed by atoms with Crippen molar-refractivity contribution in [2.24, 2.45) is 0 Å². The van der Waals surface area contributed by atoms with Crippen LogP contribution in [0.25, 0.3) is 0 Å². The van der Waals surface area contributed by atoms with E-state index in [4.69, 9.17) is 5.73 Å². The van der Waals surface area contributed by atoms with Gasteiger partial charge in [0.1, 0.15) is 0 Å². The third-order valence-corrected chi connectivity index (χ3v) is 4.13. The SMILES string of the molecule is Cc1cc(C)cc(NS(=O)(=O)Cc2ccccc2N)c1. The lowest BCUT2D eigenvalue weighted by Crippen LogP contribution is -2.16. The third-order valence-electron chi connectivity index (χ3n) is 2.90. The molecule has 0 radical (unpaired) electrons. The molecule has 2 rings (SSSR count). The van der Waals surface area contributed by atoms with Gasteiger partial charge in [0, 0.05) is 11.4 Å². The normalized spacial score (nSPS) is 11.3. The molecule has 0 aromatic heterocycles.